The van der Waals surface area contributed by atoms with Gasteiger partial charge in [0, 0.05) is 6.04 Å². The van der Waals surface area contributed by atoms with Crippen LogP contribution in [0.2, 0.25) is 0 Å². The average Bonchev–Trinajstić information content (AvgIpc) is 2.15. The highest BCUT2D eigenvalue weighted by Gasteiger charge is 2.29. The van der Waals surface area contributed by atoms with Crippen molar-refractivity contribution in [2.45, 2.75) is 29.8 Å². The Labute approximate surface area is 84.2 Å². The summed E-state index contributed by atoms with van der Waals surface area (Å²) in [4.78, 5) is 2.15. The summed E-state index contributed by atoms with van der Waals surface area (Å²) in [6, 6.07) is 0.393. The van der Waals surface area contributed by atoms with Gasteiger partial charge in [0.05, 0.1) is 5.38 Å². The van der Waals surface area contributed by atoms with E-state index in [1.807, 2.05) is 0 Å². The third-order valence-corrected chi connectivity index (χ3v) is 3.42. The van der Waals surface area contributed by atoms with Crippen molar-refractivity contribution in [1.82, 2.24) is 10.2 Å². The predicted octanol–water partition coefficient (Wildman–Crippen LogP) is 1.47. The van der Waals surface area contributed by atoms with E-state index in [1.165, 1.54) is 0 Å². The summed E-state index contributed by atoms with van der Waals surface area (Å²) in [5.41, 5.74) is -0.0958. The topological polar surface area (TPSA) is 15.3 Å². The molecule has 0 amide bonds. The molecule has 0 aromatic carbocycles. The number of rotatable bonds is 1. The van der Waals surface area contributed by atoms with Crippen LogP contribution in [0.3, 0.4) is 0 Å². The molecule has 0 saturated carbocycles. The maximum Gasteiger partial charge on any atom is 0.101 e. The van der Waals surface area contributed by atoms with E-state index in [1.54, 1.807) is 0 Å². The fraction of sp³-hybridized carbons (Fsp3) is 1.00. The van der Waals surface area contributed by atoms with Crippen molar-refractivity contribution >= 4 is 23.2 Å². The van der Waals surface area contributed by atoms with Crippen LogP contribution >= 0.6 is 23.2 Å². The quantitative estimate of drug-likeness (QED) is 0.522. The highest BCUT2D eigenvalue weighted by atomic mass is 35.5. The van der Waals surface area contributed by atoms with Crippen molar-refractivity contribution in [3.8, 4) is 0 Å². The summed E-state index contributed by atoms with van der Waals surface area (Å²) in [6.07, 6.45) is 2.27. The van der Waals surface area contributed by atoms with Crippen LogP contribution < -0.4 is 5.32 Å². The first-order valence-corrected chi connectivity index (χ1v) is 5.18. The Kier molecular flexibility index (Phi) is 4.11. The maximum atomic E-state index is 6.20. The molecule has 0 bridgehead atoms. The standard InChI is InChI=1S/C8H16Cl2N2/c1-12(2)6-4-3-5-11-8(10)7(6)9/h6-8,11H,3-5H2,1-2H3/t6-,7?,8?/m1/s1. The van der Waals surface area contributed by atoms with E-state index >= 15 is 0 Å². The highest BCUT2D eigenvalue weighted by molar-refractivity contribution is 6.30. The molecule has 0 aromatic heterocycles. The maximum absolute atomic E-state index is 6.20. The molecule has 1 fully saturated rings. The summed E-state index contributed by atoms with van der Waals surface area (Å²) in [5.74, 6) is 0. The zero-order valence-electron chi connectivity index (χ0n) is 7.56. The molecule has 1 rings (SSSR count). The number of hydrogen-bond donors (Lipinski definition) is 1. The molecule has 2 nitrogen and oxygen atoms in total. The van der Waals surface area contributed by atoms with Crippen LogP contribution in [0.5, 0.6) is 0 Å². The van der Waals surface area contributed by atoms with E-state index < -0.39 is 0 Å². The van der Waals surface area contributed by atoms with Crippen molar-refractivity contribution in [1.29, 1.82) is 0 Å². The average molecular weight is 211 g/mol. The Morgan fingerprint density at radius 3 is 2.58 bits per heavy atom. The molecule has 1 saturated heterocycles. The van der Waals surface area contributed by atoms with Gasteiger partial charge in [-0.1, -0.05) is 0 Å². The molecule has 1 heterocycles. The fourth-order valence-electron chi connectivity index (χ4n) is 1.56. The smallest absolute Gasteiger partial charge is 0.101 e. The van der Waals surface area contributed by atoms with Crippen LogP contribution in [-0.2, 0) is 0 Å². The van der Waals surface area contributed by atoms with Crippen LogP contribution in [0.1, 0.15) is 12.8 Å². The number of alkyl halides is 2. The molecular formula is C8H16Cl2N2. The summed E-state index contributed by atoms with van der Waals surface area (Å²) in [6.45, 7) is 0.974. The lowest BCUT2D eigenvalue weighted by atomic mass is 10.1. The first-order chi connectivity index (χ1) is 5.63. The molecule has 12 heavy (non-hydrogen) atoms. The van der Waals surface area contributed by atoms with Gasteiger partial charge in [-0.15, -0.1) is 23.2 Å². The van der Waals surface area contributed by atoms with Gasteiger partial charge in [-0.3, -0.25) is 0 Å². The minimum atomic E-state index is -0.0958. The molecule has 3 atom stereocenters. The van der Waals surface area contributed by atoms with E-state index in [4.69, 9.17) is 23.2 Å². The van der Waals surface area contributed by atoms with E-state index in [0.29, 0.717) is 6.04 Å². The zero-order valence-corrected chi connectivity index (χ0v) is 9.07. The van der Waals surface area contributed by atoms with Crippen LogP contribution in [0, 0.1) is 0 Å². The van der Waals surface area contributed by atoms with E-state index in [2.05, 4.69) is 24.3 Å². The SMILES string of the molecule is CN(C)[C@@H]1CCCNC(Cl)C1Cl. The van der Waals surface area contributed by atoms with Gasteiger partial charge in [0.1, 0.15) is 5.50 Å². The Hall–Kier alpha value is 0.500. The third kappa shape index (κ3) is 2.49. The van der Waals surface area contributed by atoms with Crippen molar-refractivity contribution in [3.63, 3.8) is 0 Å². The normalized spacial score (nSPS) is 38.2. The van der Waals surface area contributed by atoms with Gasteiger partial charge in [0.2, 0.25) is 0 Å². The van der Waals surface area contributed by atoms with Gasteiger partial charge in [-0.25, -0.2) is 0 Å². The summed E-state index contributed by atoms with van der Waals surface area (Å²) in [5, 5.41) is 3.19. The van der Waals surface area contributed by atoms with Crippen LogP contribution in [0.15, 0.2) is 0 Å². The minimum absolute atomic E-state index is 0.00386. The van der Waals surface area contributed by atoms with Gasteiger partial charge in [-0.2, -0.15) is 0 Å². The highest BCUT2D eigenvalue weighted by Crippen LogP contribution is 2.21. The zero-order chi connectivity index (χ0) is 9.14. The molecule has 4 heteroatoms. The summed E-state index contributed by atoms with van der Waals surface area (Å²) < 4.78 is 0. The number of nitrogens with one attached hydrogen (secondary N) is 1. The Bertz CT molecular complexity index is 141. The Morgan fingerprint density at radius 2 is 2.00 bits per heavy atom. The van der Waals surface area contributed by atoms with Crippen molar-refractivity contribution in [2.75, 3.05) is 20.6 Å². The molecule has 1 N–H and O–H groups in total. The molecule has 1 aliphatic rings. The molecule has 0 spiro atoms. The Balaban J connectivity index is 2.58. The van der Waals surface area contributed by atoms with Gasteiger partial charge >= 0.3 is 0 Å². The fourth-order valence-corrected chi connectivity index (χ4v) is 2.28. The lowest BCUT2D eigenvalue weighted by Crippen LogP contribution is -2.42. The van der Waals surface area contributed by atoms with Crippen LogP contribution in [0.25, 0.3) is 0 Å². The number of nitrogens with zero attached hydrogens (tertiary/aromatic N) is 1. The van der Waals surface area contributed by atoms with Gasteiger partial charge in [0.25, 0.3) is 0 Å². The van der Waals surface area contributed by atoms with E-state index in [-0.39, 0.29) is 10.9 Å². The monoisotopic (exact) mass is 210 g/mol. The third-order valence-electron chi connectivity index (χ3n) is 2.33. The van der Waals surface area contributed by atoms with Gasteiger partial charge in [0.15, 0.2) is 0 Å². The first kappa shape index (κ1) is 10.6. The molecule has 1 aliphatic heterocycles. The number of halogens is 2. The second kappa shape index (κ2) is 4.66. The van der Waals surface area contributed by atoms with Crippen LogP contribution in [0.4, 0.5) is 0 Å². The summed E-state index contributed by atoms with van der Waals surface area (Å²) >= 11 is 12.2. The molecule has 0 aliphatic carbocycles. The van der Waals surface area contributed by atoms with Crippen molar-refractivity contribution < 1.29 is 0 Å². The van der Waals surface area contributed by atoms with Gasteiger partial charge in [-0.05, 0) is 33.5 Å². The van der Waals surface area contributed by atoms with Gasteiger partial charge < -0.3 is 10.2 Å². The second-order valence-electron chi connectivity index (χ2n) is 3.47. The molecule has 72 valence electrons. The van der Waals surface area contributed by atoms with E-state index in [0.717, 1.165) is 19.4 Å². The molecule has 2 unspecified atom stereocenters. The largest absolute Gasteiger partial charge is 0.305 e. The molecule has 0 radical (unpaired) electrons. The Morgan fingerprint density at radius 1 is 1.33 bits per heavy atom. The minimum Gasteiger partial charge on any atom is -0.305 e. The number of hydrogen-bond acceptors (Lipinski definition) is 2. The van der Waals surface area contributed by atoms with E-state index in [9.17, 15) is 0 Å². The molecular weight excluding hydrogens is 195 g/mol. The lowest BCUT2D eigenvalue weighted by Gasteiger charge is -2.28. The van der Waals surface area contributed by atoms with Crippen LogP contribution in [-0.4, -0.2) is 42.5 Å². The predicted molar refractivity (Wildman–Crippen MR) is 54.0 cm³/mol. The lowest BCUT2D eigenvalue weighted by molar-refractivity contribution is 0.272. The molecule has 0 aromatic rings. The second-order valence-corrected chi connectivity index (χ2v) is 4.45. The summed E-state index contributed by atoms with van der Waals surface area (Å²) in [7, 11) is 4.10. The van der Waals surface area contributed by atoms with Crippen molar-refractivity contribution in [2.24, 2.45) is 0 Å². The van der Waals surface area contributed by atoms with Crippen molar-refractivity contribution in [3.05, 3.63) is 0 Å². The first-order valence-electron chi connectivity index (χ1n) is 4.31.